The van der Waals surface area contributed by atoms with E-state index in [9.17, 15) is 27.2 Å². The quantitative estimate of drug-likeness (QED) is 0.0301. The Kier molecular flexibility index (Phi) is 13.5. The normalized spacial score (nSPS) is 13.4. The summed E-state index contributed by atoms with van der Waals surface area (Å²) in [7, 11) is 1.66. The second kappa shape index (κ2) is 18.3. The van der Waals surface area contributed by atoms with Crippen molar-refractivity contribution in [3.63, 3.8) is 0 Å². The maximum absolute atomic E-state index is 14.5. The van der Waals surface area contributed by atoms with E-state index in [0.717, 1.165) is 88.2 Å². The molecule has 2 unspecified atom stereocenters. The minimum atomic E-state index is -4.75. The van der Waals surface area contributed by atoms with E-state index < -0.39 is 30.0 Å². The molecule has 7 nitrogen and oxygen atoms in total. The molecule has 2 atom stereocenters. The van der Waals surface area contributed by atoms with E-state index in [4.69, 9.17) is 21.2 Å². The Labute approximate surface area is 345 Å². The highest BCUT2D eigenvalue weighted by molar-refractivity contribution is 6.36. The zero-order chi connectivity index (χ0) is 42.6. The number of ketones is 1. The number of nitrogens with zero attached hydrogens (tertiary/aromatic N) is 2. The van der Waals surface area contributed by atoms with Crippen LogP contribution >= 0.6 is 11.6 Å². The molecule has 0 aliphatic rings. The number of fused-ring (bicyclic) bond motifs is 5. The molecule has 0 aliphatic carbocycles. The Balaban J connectivity index is 1.61. The van der Waals surface area contributed by atoms with Gasteiger partial charge in [0.25, 0.3) is 0 Å². The molecular weight excluding hydrogens is 784 g/mol. The van der Waals surface area contributed by atoms with Gasteiger partial charge >= 0.3 is 18.5 Å². The number of alkyl halides is 4. The van der Waals surface area contributed by atoms with E-state index in [0.29, 0.717) is 34.7 Å². The van der Waals surface area contributed by atoms with Crippen molar-refractivity contribution < 1.29 is 41.5 Å². The third kappa shape index (κ3) is 9.16. The number of hydrogen-bond acceptors (Lipinski definition) is 6. The van der Waals surface area contributed by atoms with Crippen LogP contribution in [0.1, 0.15) is 97.5 Å². The highest BCUT2D eigenvalue weighted by Gasteiger charge is 2.44. The van der Waals surface area contributed by atoms with Crippen LogP contribution in [0.5, 0.6) is 5.75 Å². The molecular formula is C47H47ClF4N2O5. The summed E-state index contributed by atoms with van der Waals surface area (Å²) in [5, 5.41) is 7.22. The number of ether oxygens (including phenoxy) is 2. The number of unbranched alkanes of at least 4 members (excludes halogenated alkanes) is 1. The summed E-state index contributed by atoms with van der Waals surface area (Å²) in [6, 6.07) is 24.6. The molecule has 0 saturated carbocycles. The molecule has 0 bridgehead atoms. The van der Waals surface area contributed by atoms with Crippen molar-refractivity contribution in [2.24, 2.45) is 11.1 Å². The molecule has 5 aromatic carbocycles. The molecule has 6 aromatic rings. The molecule has 1 heterocycles. The number of oxime groups is 1. The number of halogens is 5. The molecule has 0 spiro atoms. The fourth-order valence-corrected chi connectivity index (χ4v) is 7.93. The molecule has 0 aliphatic heterocycles. The topological polar surface area (TPSA) is 79.1 Å². The van der Waals surface area contributed by atoms with Gasteiger partial charge < -0.3 is 18.9 Å². The van der Waals surface area contributed by atoms with Crippen molar-refractivity contribution >= 4 is 61.6 Å². The van der Waals surface area contributed by atoms with Crippen LogP contribution in [0.2, 0.25) is 5.02 Å². The van der Waals surface area contributed by atoms with E-state index >= 15 is 0 Å². The fourth-order valence-electron chi connectivity index (χ4n) is 7.67. The summed E-state index contributed by atoms with van der Waals surface area (Å²) in [6.45, 7) is 10.9. The summed E-state index contributed by atoms with van der Waals surface area (Å²) >= 11 is 6.50. The molecule has 0 N–H and O–H groups in total. The number of benzene rings is 5. The SMILES string of the molecule is CCCCC(CC)Cn1c2ccc(/C(=N/OC(C)=O)c3cc(C(C)COC)ccc3C)cc2c2cc(C(=O)c3ccc(OC(F)(F)C(F)F)cc3Cl)c3ccccc3c21. The van der Waals surface area contributed by atoms with Gasteiger partial charge in [-0.2, -0.15) is 17.6 Å². The van der Waals surface area contributed by atoms with E-state index in [1.54, 1.807) is 7.11 Å². The number of carbonyl (C=O) groups is 2. The van der Waals surface area contributed by atoms with Crippen LogP contribution in [-0.2, 0) is 20.9 Å². The summed E-state index contributed by atoms with van der Waals surface area (Å²) < 4.78 is 65.2. The van der Waals surface area contributed by atoms with E-state index in [2.05, 4.69) is 35.2 Å². The van der Waals surface area contributed by atoms with E-state index in [1.807, 2.05) is 73.7 Å². The first kappa shape index (κ1) is 43.3. The van der Waals surface area contributed by atoms with Gasteiger partial charge in [-0.3, -0.25) is 4.79 Å². The molecule has 1 aromatic heterocycles. The number of rotatable bonds is 17. The lowest BCUT2D eigenvalue weighted by Gasteiger charge is -2.19. The summed E-state index contributed by atoms with van der Waals surface area (Å²) in [5.74, 6) is -1.24. The Morgan fingerprint density at radius 1 is 0.881 bits per heavy atom. The third-order valence-corrected chi connectivity index (χ3v) is 11.1. The van der Waals surface area contributed by atoms with Gasteiger partial charge in [-0.1, -0.05) is 99.3 Å². The number of hydrogen-bond donors (Lipinski definition) is 0. The van der Waals surface area contributed by atoms with Gasteiger partial charge in [0.15, 0.2) is 5.78 Å². The average Bonchev–Trinajstić information content (AvgIpc) is 3.51. The number of aryl methyl sites for hydroxylation is 1. The highest BCUT2D eigenvalue weighted by Crippen LogP contribution is 2.40. The van der Waals surface area contributed by atoms with Gasteiger partial charge in [0.1, 0.15) is 11.5 Å². The minimum absolute atomic E-state index is 0.0206. The molecule has 310 valence electrons. The Hall–Kier alpha value is -5.26. The van der Waals surface area contributed by atoms with Gasteiger partial charge in [0.2, 0.25) is 0 Å². The van der Waals surface area contributed by atoms with Crippen molar-refractivity contribution in [1.29, 1.82) is 0 Å². The van der Waals surface area contributed by atoms with Crippen LogP contribution < -0.4 is 4.74 Å². The van der Waals surface area contributed by atoms with E-state index in [-0.39, 0.29) is 16.5 Å². The first-order valence-corrected chi connectivity index (χ1v) is 20.1. The van der Waals surface area contributed by atoms with Gasteiger partial charge in [-0.05, 0) is 78.2 Å². The van der Waals surface area contributed by atoms with Gasteiger partial charge in [0, 0.05) is 70.4 Å². The zero-order valence-electron chi connectivity index (χ0n) is 33.9. The largest absolute Gasteiger partial charge is 0.461 e. The smallest absolute Gasteiger partial charge is 0.428 e. The Morgan fingerprint density at radius 3 is 2.29 bits per heavy atom. The predicted molar refractivity (Wildman–Crippen MR) is 226 cm³/mol. The van der Waals surface area contributed by atoms with Crippen molar-refractivity contribution in [2.75, 3.05) is 13.7 Å². The van der Waals surface area contributed by atoms with Crippen LogP contribution in [0, 0.1) is 12.8 Å². The van der Waals surface area contributed by atoms with E-state index in [1.165, 1.54) is 13.0 Å². The van der Waals surface area contributed by atoms with Crippen LogP contribution in [0.3, 0.4) is 0 Å². The van der Waals surface area contributed by atoms with Gasteiger partial charge in [-0.15, -0.1) is 0 Å². The first-order valence-electron chi connectivity index (χ1n) is 19.7. The van der Waals surface area contributed by atoms with Crippen molar-refractivity contribution in [3.8, 4) is 5.75 Å². The lowest BCUT2D eigenvalue weighted by molar-refractivity contribution is -0.253. The second-order valence-corrected chi connectivity index (χ2v) is 15.4. The average molecular weight is 831 g/mol. The van der Waals surface area contributed by atoms with Crippen molar-refractivity contribution in [2.45, 2.75) is 85.3 Å². The van der Waals surface area contributed by atoms with Crippen LogP contribution in [0.15, 0.2) is 90.1 Å². The molecule has 59 heavy (non-hydrogen) atoms. The van der Waals surface area contributed by atoms with Crippen molar-refractivity contribution in [3.05, 3.63) is 123 Å². The van der Waals surface area contributed by atoms with Crippen LogP contribution in [-0.4, -0.2) is 48.3 Å². The number of carbonyl (C=O) groups excluding carboxylic acids is 2. The number of aromatic nitrogens is 1. The first-order chi connectivity index (χ1) is 28.2. The molecule has 0 fully saturated rings. The molecule has 0 saturated heterocycles. The molecule has 12 heteroatoms. The zero-order valence-corrected chi connectivity index (χ0v) is 34.6. The van der Waals surface area contributed by atoms with Gasteiger partial charge in [-0.25, -0.2) is 4.79 Å². The molecule has 6 rings (SSSR count). The number of methoxy groups -OCH3 is 1. The fraction of sp³-hybridized carbons (Fsp3) is 0.340. The van der Waals surface area contributed by atoms with Crippen molar-refractivity contribution in [1.82, 2.24) is 4.57 Å². The monoisotopic (exact) mass is 830 g/mol. The van der Waals surface area contributed by atoms with Crippen LogP contribution in [0.25, 0.3) is 32.6 Å². The van der Waals surface area contributed by atoms with Crippen LogP contribution in [0.4, 0.5) is 17.6 Å². The highest BCUT2D eigenvalue weighted by atomic mass is 35.5. The lowest BCUT2D eigenvalue weighted by Crippen LogP contribution is -2.33. The Bertz CT molecular complexity index is 2550. The summed E-state index contributed by atoms with van der Waals surface area (Å²) in [6.07, 6.45) is -4.65. The summed E-state index contributed by atoms with van der Waals surface area (Å²) in [5.41, 5.74) is 5.97. The third-order valence-electron chi connectivity index (χ3n) is 10.8. The Morgan fingerprint density at radius 2 is 1.63 bits per heavy atom. The molecule has 0 radical (unpaired) electrons. The standard InChI is InChI=1S/C47H47ClF4N2O5/c1-7-9-12-30(8-2)25-54-42-20-17-32(43(53-59-29(5)55)37-21-31(16-15-27(37)3)28(4)26-57-6)22-38(42)39-24-40(34-13-10-11-14-35(34)44(39)54)45(56)36-19-18-33(23-41(36)48)58-47(51,52)46(49)50/h10-11,13-24,28,30,46H,7-9,12,25-26H2,1-6H3/b53-43-. The lowest BCUT2D eigenvalue weighted by atomic mass is 9.91. The summed E-state index contributed by atoms with van der Waals surface area (Å²) in [4.78, 5) is 32.0. The van der Waals surface area contributed by atoms with Gasteiger partial charge in [0.05, 0.1) is 17.1 Å². The maximum atomic E-state index is 14.5. The predicted octanol–water partition coefficient (Wildman–Crippen LogP) is 12.7. The molecule has 0 amide bonds. The minimum Gasteiger partial charge on any atom is -0.428 e. The second-order valence-electron chi connectivity index (χ2n) is 15.0. The maximum Gasteiger partial charge on any atom is 0.461 e.